The van der Waals surface area contributed by atoms with Crippen molar-refractivity contribution in [1.29, 1.82) is 0 Å². The topological polar surface area (TPSA) is 64.0 Å². The third-order valence-corrected chi connectivity index (χ3v) is 2.27. The van der Waals surface area contributed by atoms with Gasteiger partial charge in [-0.3, -0.25) is 14.3 Å². The minimum atomic E-state index is -0.382. The molecule has 0 aliphatic rings. The molecule has 1 aromatic heterocycles. The Kier molecular flexibility index (Phi) is 4.98. The number of nitrogens with zero attached hydrogens (tertiary/aromatic N) is 2. The lowest BCUT2D eigenvalue weighted by atomic mass is 10.3. The van der Waals surface area contributed by atoms with Gasteiger partial charge < -0.3 is 5.32 Å². The number of rotatable bonds is 6. The summed E-state index contributed by atoms with van der Waals surface area (Å²) >= 11 is 5.17. The Morgan fingerprint density at radius 1 is 1.56 bits per heavy atom. The van der Waals surface area contributed by atoms with Crippen molar-refractivity contribution in [3.05, 3.63) is 18.0 Å². The van der Waals surface area contributed by atoms with Gasteiger partial charge in [0.25, 0.3) is 5.91 Å². The number of aryl methyl sites for hydroxylation is 1. The first-order valence-electron chi connectivity index (χ1n) is 5.13. The standard InChI is InChI=1S/C10H14ClN3O2/c1-2-14-8(5-7-13-14)10(16)12-6-3-4-9(11)15/h5,7H,2-4,6H2,1H3,(H,12,16). The summed E-state index contributed by atoms with van der Waals surface area (Å²) in [7, 11) is 0. The zero-order valence-electron chi connectivity index (χ0n) is 9.07. The molecule has 1 amide bonds. The van der Waals surface area contributed by atoms with E-state index in [4.69, 9.17) is 11.6 Å². The van der Waals surface area contributed by atoms with Gasteiger partial charge in [-0.25, -0.2) is 0 Å². The minimum absolute atomic E-state index is 0.179. The van der Waals surface area contributed by atoms with E-state index in [2.05, 4.69) is 10.4 Å². The molecular weight excluding hydrogens is 230 g/mol. The van der Waals surface area contributed by atoms with Crippen LogP contribution >= 0.6 is 11.6 Å². The van der Waals surface area contributed by atoms with Gasteiger partial charge in [0, 0.05) is 25.7 Å². The van der Waals surface area contributed by atoms with Crippen LogP contribution in [0, 0.1) is 0 Å². The molecule has 0 saturated carbocycles. The third kappa shape index (κ3) is 3.66. The van der Waals surface area contributed by atoms with E-state index in [1.54, 1.807) is 16.9 Å². The Bertz CT molecular complexity index is 376. The van der Waals surface area contributed by atoms with E-state index in [-0.39, 0.29) is 17.6 Å². The van der Waals surface area contributed by atoms with E-state index >= 15 is 0 Å². The average Bonchev–Trinajstić information content (AvgIpc) is 2.71. The zero-order valence-corrected chi connectivity index (χ0v) is 9.83. The zero-order chi connectivity index (χ0) is 12.0. The van der Waals surface area contributed by atoms with E-state index in [0.717, 1.165) is 0 Å². The first-order chi connectivity index (χ1) is 7.65. The number of hydrogen-bond acceptors (Lipinski definition) is 3. The quantitative estimate of drug-likeness (QED) is 0.603. The lowest BCUT2D eigenvalue weighted by Crippen LogP contribution is -2.27. The van der Waals surface area contributed by atoms with Crippen molar-refractivity contribution in [3.63, 3.8) is 0 Å². The van der Waals surface area contributed by atoms with Gasteiger partial charge in [-0.15, -0.1) is 0 Å². The van der Waals surface area contributed by atoms with Crippen LogP contribution in [-0.2, 0) is 11.3 Å². The second-order valence-corrected chi connectivity index (χ2v) is 3.67. The molecule has 5 nitrogen and oxygen atoms in total. The van der Waals surface area contributed by atoms with Crippen LogP contribution in [-0.4, -0.2) is 27.5 Å². The Morgan fingerprint density at radius 2 is 2.31 bits per heavy atom. The van der Waals surface area contributed by atoms with Gasteiger partial charge in [0.1, 0.15) is 5.69 Å². The molecule has 16 heavy (non-hydrogen) atoms. The van der Waals surface area contributed by atoms with Crippen LogP contribution in [0.1, 0.15) is 30.3 Å². The van der Waals surface area contributed by atoms with Gasteiger partial charge in [-0.05, 0) is 31.0 Å². The van der Waals surface area contributed by atoms with Crippen LogP contribution in [0.5, 0.6) is 0 Å². The Hall–Kier alpha value is -1.36. The predicted molar refractivity (Wildman–Crippen MR) is 60.3 cm³/mol. The number of aromatic nitrogens is 2. The van der Waals surface area contributed by atoms with Gasteiger partial charge in [0.15, 0.2) is 0 Å². The summed E-state index contributed by atoms with van der Waals surface area (Å²) in [6.07, 6.45) is 2.41. The van der Waals surface area contributed by atoms with Crippen LogP contribution in [0.3, 0.4) is 0 Å². The van der Waals surface area contributed by atoms with Gasteiger partial charge in [0.2, 0.25) is 5.24 Å². The van der Waals surface area contributed by atoms with E-state index in [1.807, 2.05) is 6.92 Å². The molecule has 1 N–H and O–H groups in total. The maximum absolute atomic E-state index is 11.6. The largest absolute Gasteiger partial charge is 0.351 e. The highest BCUT2D eigenvalue weighted by Gasteiger charge is 2.09. The Balaban J connectivity index is 2.38. The van der Waals surface area contributed by atoms with Gasteiger partial charge in [0.05, 0.1) is 0 Å². The molecule has 1 rings (SSSR count). The molecule has 0 saturated heterocycles. The van der Waals surface area contributed by atoms with Gasteiger partial charge in [-0.2, -0.15) is 5.10 Å². The molecule has 0 aromatic carbocycles. The van der Waals surface area contributed by atoms with Crippen molar-refractivity contribution in [2.45, 2.75) is 26.3 Å². The number of carbonyl (C=O) groups is 2. The van der Waals surface area contributed by atoms with E-state index in [9.17, 15) is 9.59 Å². The normalized spacial score (nSPS) is 10.1. The number of hydrogen-bond donors (Lipinski definition) is 1. The van der Waals surface area contributed by atoms with Crippen molar-refractivity contribution in [1.82, 2.24) is 15.1 Å². The second kappa shape index (κ2) is 6.27. The second-order valence-electron chi connectivity index (χ2n) is 3.25. The van der Waals surface area contributed by atoms with Crippen LogP contribution in [0.15, 0.2) is 12.3 Å². The molecule has 6 heteroatoms. The SMILES string of the molecule is CCn1nccc1C(=O)NCCCC(=O)Cl. The lowest BCUT2D eigenvalue weighted by molar-refractivity contribution is -0.111. The first-order valence-corrected chi connectivity index (χ1v) is 5.51. The first kappa shape index (κ1) is 12.7. The maximum Gasteiger partial charge on any atom is 0.269 e. The Morgan fingerprint density at radius 3 is 2.94 bits per heavy atom. The molecule has 0 unspecified atom stereocenters. The summed E-state index contributed by atoms with van der Waals surface area (Å²) in [5, 5.41) is 6.32. The summed E-state index contributed by atoms with van der Waals surface area (Å²) in [6, 6.07) is 1.66. The van der Waals surface area contributed by atoms with Gasteiger partial charge >= 0.3 is 0 Å². The molecule has 0 bridgehead atoms. The minimum Gasteiger partial charge on any atom is -0.351 e. The molecule has 88 valence electrons. The molecule has 0 atom stereocenters. The highest BCUT2D eigenvalue weighted by molar-refractivity contribution is 6.63. The highest BCUT2D eigenvalue weighted by atomic mass is 35.5. The fourth-order valence-electron chi connectivity index (χ4n) is 1.30. The lowest BCUT2D eigenvalue weighted by Gasteiger charge is -2.05. The number of amides is 1. The molecule has 0 aliphatic heterocycles. The molecule has 0 aliphatic carbocycles. The van der Waals surface area contributed by atoms with Crippen molar-refractivity contribution in [2.24, 2.45) is 0 Å². The van der Waals surface area contributed by atoms with Crippen molar-refractivity contribution in [3.8, 4) is 0 Å². The average molecular weight is 244 g/mol. The number of carbonyl (C=O) groups excluding carboxylic acids is 2. The van der Waals surface area contributed by atoms with Crippen molar-refractivity contribution < 1.29 is 9.59 Å². The molecule has 1 heterocycles. The van der Waals surface area contributed by atoms with Crippen LogP contribution in [0.2, 0.25) is 0 Å². The fraction of sp³-hybridized carbons (Fsp3) is 0.500. The van der Waals surface area contributed by atoms with E-state index in [1.165, 1.54) is 0 Å². The number of nitrogens with one attached hydrogen (secondary N) is 1. The molecule has 1 aromatic rings. The molecule has 0 radical (unpaired) electrons. The summed E-state index contributed by atoms with van der Waals surface area (Å²) in [6.45, 7) is 3.00. The predicted octanol–water partition coefficient (Wildman–Crippen LogP) is 1.18. The van der Waals surface area contributed by atoms with Crippen LogP contribution < -0.4 is 5.32 Å². The fourth-order valence-corrected chi connectivity index (χ4v) is 1.43. The van der Waals surface area contributed by atoms with Crippen LogP contribution in [0.25, 0.3) is 0 Å². The van der Waals surface area contributed by atoms with Crippen LogP contribution in [0.4, 0.5) is 0 Å². The summed E-state index contributed by atoms with van der Waals surface area (Å²) in [5.41, 5.74) is 0.528. The Labute approximate surface area is 98.8 Å². The third-order valence-electron chi connectivity index (χ3n) is 2.08. The molecule has 0 spiro atoms. The van der Waals surface area contributed by atoms with E-state index in [0.29, 0.717) is 25.2 Å². The summed E-state index contributed by atoms with van der Waals surface area (Å²) < 4.78 is 1.61. The summed E-state index contributed by atoms with van der Waals surface area (Å²) in [4.78, 5) is 22.1. The molecule has 0 fully saturated rings. The summed E-state index contributed by atoms with van der Waals surface area (Å²) in [5.74, 6) is -0.179. The number of halogens is 1. The molecular formula is C10H14ClN3O2. The van der Waals surface area contributed by atoms with Crippen molar-refractivity contribution >= 4 is 22.8 Å². The monoisotopic (exact) mass is 243 g/mol. The van der Waals surface area contributed by atoms with Crippen molar-refractivity contribution in [2.75, 3.05) is 6.54 Å². The maximum atomic E-state index is 11.6. The van der Waals surface area contributed by atoms with E-state index < -0.39 is 0 Å². The highest BCUT2D eigenvalue weighted by Crippen LogP contribution is 1.99. The smallest absolute Gasteiger partial charge is 0.269 e. The van der Waals surface area contributed by atoms with Gasteiger partial charge in [-0.1, -0.05) is 0 Å².